The van der Waals surface area contributed by atoms with E-state index in [1.54, 1.807) is 0 Å². The Morgan fingerprint density at radius 1 is 1.04 bits per heavy atom. The average molecular weight is 403 g/mol. The number of nitrogen functional groups attached to an aromatic ring is 1. The van der Waals surface area contributed by atoms with Crippen molar-refractivity contribution in [2.75, 3.05) is 18.9 Å². The van der Waals surface area contributed by atoms with Crippen LogP contribution in [0.25, 0.3) is 5.57 Å². The van der Waals surface area contributed by atoms with Crippen LogP contribution in [-0.4, -0.2) is 25.0 Å². The number of benzene rings is 1. The van der Waals surface area contributed by atoms with Crippen molar-refractivity contribution in [1.29, 1.82) is 0 Å². The lowest BCUT2D eigenvalue weighted by molar-refractivity contribution is -0.210. The van der Waals surface area contributed by atoms with Crippen molar-refractivity contribution in [3.8, 4) is 0 Å². The van der Waals surface area contributed by atoms with Crippen LogP contribution in [0, 0.1) is 6.92 Å². The van der Waals surface area contributed by atoms with Crippen LogP contribution >= 0.6 is 24.8 Å². The highest BCUT2D eigenvalue weighted by atomic mass is 35.5. The van der Waals surface area contributed by atoms with Gasteiger partial charge in [0.2, 0.25) is 5.79 Å². The summed E-state index contributed by atoms with van der Waals surface area (Å²) in [7, 11) is 0. The molecule has 1 aromatic rings. The van der Waals surface area contributed by atoms with Gasteiger partial charge in [0, 0.05) is 5.69 Å². The maximum atomic E-state index is 6.40. The van der Waals surface area contributed by atoms with Crippen LogP contribution in [0.4, 0.5) is 5.69 Å². The van der Waals surface area contributed by atoms with Crippen LogP contribution < -0.4 is 11.5 Å². The first kappa shape index (κ1) is 25.0. The molecule has 26 heavy (non-hydrogen) atoms. The molecule has 148 valence electrons. The molecule has 4 N–H and O–H groups in total. The average Bonchev–Trinajstić information content (AvgIpc) is 2.54. The Bertz CT molecular complexity index is 637. The van der Waals surface area contributed by atoms with Gasteiger partial charge in [0.15, 0.2) is 0 Å². The molecule has 0 heterocycles. The van der Waals surface area contributed by atoms with Gasteiger partial charge in [-0.3, -0.25) is 0 Å². The number of anilines is 1. The van der Waals surface area contributed by atoms with Gasteiger partial charge in [-0.1, -0.05) is 26.0 Å². The molecular formula is C20H32Cl2N2O2. The fourth-order valence-electron chi connectivity index (χ4n) is 3.01. The molecule has 0 saturated carbocycles. The maximum absolute atomic E-state index is 6.40. The quantitative estimate of drug-likeness (QED) is 0.514. The first-order valence-corrected chi connectivity index (χ1v) is 8.75. The molecule has 0 fully saturated rings. The predicted octanol–water partition coefficient (Wildman–Crippen LogP) is 4.64. The molecule has 0 aliphatic heterocycles. The molecule has 0 amide bonds. The lowest BCUT2D eigenvalue weighted by Crippen LogP contribution is -2.52. The van der Waals surface area contributed by atoms with Crippen LogP contribution in [0.1, 0.15) is 44.7 Å². The monoisotopic (exact) mass is 402 g/mol. The van der Waals surface area contributed by atoms with E-state index in [0.29, 0.717) is 13.2 Å². The minimum atomic E-state index is -0.908. The molecule has 6 heteroatoms. The summed E-state index contributed by atoms with van der Waals surface area (Å²) in [5.74, 6) is -0.908. The zero-order valence-corrected chi connectivity index (χ0v) is 17.7. The standard InChI is InChI=1S/C20H30N2O2.2ClH/c1-5-9-23-20(24-10-6-2)13-18(15(4)12-19(20)22)17-8-7-16(21)11-14(17)3;;/h7-8,11-13,19H,5-6,9-10,21-22H2,1-4H3;2*1H. The highest BCUT2D eigenvalue weighted by molar-refractivity contribution is 5.85. The van der Waals surface area contributed by atoms with Crippen LogP contribution in [0.15, 0.2) is 35.9 Å². The Labute approximate surface area is 169 Å². The number of halogens is 2. The number of ether oxygens (including phenoxy) is 2. The maximum Gasteiger partial charge on any atom is 0.208 e. The minimum Gasteiger partial charge on any atom is -0.399 e. The fourth-order valence-corrected chi connectivity index (χ4v) is 3.01. The third kappa shape index (κ3) is 5.48. The minimum absolute atomic E-state index is 0. The molecule has 0 spiro atoms. The van der Waals surface area contributed by atoms with Crippen LogP contribution in [-0.2, 0) is 9.47 Å². The molecule has 1 atom stereocenters. The van der Waals surface area contributed by atoms with Crippen molar-refractivity contribution in [3.63, 3.8) is 0 Å². The van der Waals surface area contributed by atoms with Crippen molar-refractivity contribution < 1.29 is 9.47 Å². The van der Waals surface area contributed by atoms with Crippen LogP contribution in [0.5, 0.6) is 0 Å². The summed E-state index contributed by atoms with van der Waals surface area (Å²) in [6.07, 6.45) is 5.92. The van der Waals surface area contributed by atoms with Gasteiger partial charge in [0.05, 0.1) is 19.3 Å². The van der Waals surface area contributed by atoms with Gasteiger partial charge >= 0.3 is 0 Å². The largest absolute Gasteiger partial charge is 0.399 e. The van der Waals surface area contributed by atoms with Gasteiger partial charge in [-0.25, -0.2) is 0 Å². The van der Waals surface area contributed by atoms with E-state index >= 15 is 0 Å². The second-order valence-corrected chi connectivity index (χ2v) is 6.43. The van der Waals surface area contributed by atoms with E-state index in [0.717, 1.165) is 40.8 Å². The Morgan fingerprint density at radius 3 is 2.12 bits per heavy atom. The SMILES string of the molecule is CCCOC1(OCCC)C=C(c2ccc(N)cc2C)C(C)=CC1N.Cl.Cl. The Balaban J connectivity index is 0.00000312. The number of hydrogen-bond donors (Lipinski definition) is 2. The van der Waals surface area contributed by atoms with Gasteiger partial charge in [-0.05, 0) is 67.2 Å². The van der Waals surface area contributed by atoms with Crippen LogP contribution in [0.2, 0.25) is 0 Å². The van der Waals surface area contributed by atoms with E-state index in [2.05, 4.69) is 39.8 Å². The second kappa shape index (κ2) is 11.0. The van der Waals surface area contributed by atoms with Crippen molar-refractivity contribution in [2.45, 2.75) is 52.4 Å². The van der Waals surface area contributed by atoms with Crippen molar-refractivity contribution >= 4 is 36.1 Å². The second-order valence-electron chi connectivity index (χ2n) is 6.43. The summed E-state index contributed by atoms with van der Waals surface area (Å²) in [5.41, 5.74) is 17.5. The zero-order chi connectivity index (χ0) is 17.7. The molecule has 2 rings (SSSR count). The molecule has 0 aromatic heterocycles. The zero-order valence-electron chi connectivity index (χ0n) is 16.1. The van der Waals surface area contributed by atoms with E-state index in [1.807, 2.05) is 18.2 Å². The molecule has 0 radical (unpaired) electrons. The van der Waals surface area contributed by atoms with Gasteiger partial charge in [0.25, 0.3) is 0 Å². The number of aryl methyl sites for hydroxylation is 1. The number of allylic oxidation sites excluding steroid dienone is 2. The summed E-state index contributed by atoms with van der Waals surface area (Å²) in [6, 6.07) is 5.63. The van der Waals surface area contributed by atoms with E-state index in [4.69, 9.17) is 20.9 Å². The molecule has 4 nitrogen and oxygen atoms in total. The van der Waals surface area contributed by atoms with Gasteiger partial charge < -0.3 is 20.9 Å². The highest BCUT2D eigenvalue weighted by Gasteiger charge is 2.39. The van der Waals surface area contributed by atoms with E-state index in [1.165, 1.54) is 0 Å². The third-order valence-corrected chi connectivity index (χ3v) is 4.27. The normalized spacial score (nSPS) is 18.3. The number of hydrogen-bond acceptors (Lipinski definition) is 4. The van der Waals surface area contributed by atoms with Crippen LogP contribution in [0.3, 0.4) is 0 Å². The van der Waals surface area contributed by atoms with Gasteiger partial charge in [0.1, 0.15) is 0 Å². The summed E-state index contributed by atoms with van der Waals surface area (Å²) >= 11 is 0. The van der Waals surface area contributed by atoms with Crippen molar-refractivity contribution in [1.82, 2.24) is 0 Å². The summed E-state index contributed by atoms with van der Waals surface area (Å²) < 4.78 is 12.2. The van der Waals surface area contributed by atoms with Crippen molar-refractivity contribution in [3.05, 3.63) is 47.1 Å². The Kier molecular flexibility index (Phi) is 10.5. The first-order chi connectivity index (χ1) is 11.4. The number of nitrogens with two attached hydrogens (primary N) is 2. The lowest BCUT2D eigenvalue weighted by atomic mass is 9.85. The lowest BCUT2D eigenvalue weighted by Gasteiger charge is -2.38. The topological polar surface area (TPSA) is 70.5 Å². The summed E-state index contributed by atoms with van der Waals surface area (Å²) in [4.78, 5) is 0. The third-order valence-electron chi connectivity index (χ3n) is 4.27. The molecule has 1 unspecified atom stereocenters. The Hall–Kier alpha value is -1.04. The fraction of sp³-hybridized carbons (Fsp3) is 0.500. The summed E-state index contributed by atoms with van der Waals surface area (Å²) in [5, 5.41) is 0. The number of rotatable bonds is 7. The predicted molar refractivity (Wildman–Crippen MR) is 115 cm³/mol. The van der Waals surface area contributed by atoms with E-state index < -0.39 is 5.79 Å². The Morgan fingerprint density at radius 2 is 1.62 bits per heavy atom. The molecule has 1 aliphatic carbocycles. The van der Waals surface area contributed by atoms with E-state index in [9.17, 15) is 0 Å². The molecule has 1 aliphatic rings. The van der Waals surface area contributed by atoms with E-state index in [-0.39, 0.29) is 30.9 Å². The van der Waals surface area contributed by atoms with Gasteiger partial charge in [-0.15, -0.1) is 24.8 Å². The first-order valence-electron chi connectivity index (χ1n) is 8.75. The van der Waals surface area contributed by atoms with Crippen molar-refractivity contribution in [2.24, 2.45) is 5.73 Å². The highest BCUT2D eigenvalue weighted by Crippen LogP contribution is 2.36. The van der Waals surface area contributed by atoms with Gasteiger partial charge in [-0.2, -0.15) is 0 Å². The molecule has 0 saturated heterocycles. The smallest absolute Gasteiger partial charge is 0.208 e. The molecule has 1 aromatic carbocycles. The summed E-state index contributed by atoms with van der Waals surface area (Å²) in [6.45, 7) is 9.51. The molecular weight excluding hydrogens is 371 g/mol. The molecule has 0 bridgehead atoms.